The zero-order chi connectivity index (χ0) is 25.1. The van der Waals surface area contributed by atoms with Gasteiger partial charge < -0.3 is 24.2 Å². The Hall–Kier alpha value is -4.43. The minimum Gasteiger partial charge on any atom is -0.507 e. The van der Waals surface area contributed by atoms with Gasteiger partial charge in [-0.3, -0.25) is 4.79 Å². The number of phenolic OH excluding ortho intramolecular Hbond substituents is 1. The minimum atomic E-state index is -0.328. The van der Waals surface area contributed by atoms with Crippen LogP contribution in [0.1, 0.15) is 28.3 Å². The number of nitrogens with zero attached hydrogens (tertiary/aromatic N) is 4. The second-order valence-corrected chi connectivity index (χ2v) is 8.67. The standard InChI is InChI=1S/C26H23FN4O5/c27-18-3-1-16(2-4-18)21-9-10-31(26(33)22-7-5-19(29-30-28)11-23(22)32)13-17(21)14-34-20-6-8-24-25(12-20)36-15-35-24/h1-8,11-12,17,21,32H,9-10,13-15H2. The number of carbonyl (C=O) groups excluding carboxylic acids is 1. The molecule has 1 N–H and O–H groups in total. The highest BCUT2D eigenvalue weighted by Gasteiger charge is 2.34. The van der Waals surface area contributed by atoms with Crippen molar-refractivity contribution in [2.45, 2.75) is 12.3 Å². The first-order valence-electron chi connectivity index (χ1n) is 11.5. The van der Waals surface area contributed by atoms with Crippen LogP contribution in [0.4, 0.5) is 10.1 Å². The van der Waals surface area contributed by atoms with E-state index >= 15 is 0 Å². The quantitative estimate of drug-likeness (QED) is 0.277. The Morgan fingerprint density at radius 3 is 2.72 bits per heavy atom. The van der Waals surface area contributed by atoms with Crippen molar-refractivity contribution < 1.29 is 28.5 Å². The molecule has 2 unspecified atom stereocenters. The molecule has 36 heavy (non-hydrogen) atoms. The number of phenols is 1. The topological polar surface area (TPSA) is 117 Å². The molecule has 184 valence electrons. The van der Waals surface area contributed by atoms with Gasteiger partial charge in [0.15, 0.2) is 11.5 Å². The average Bonchev–Trinajstić information content (AvgIpc) is 3.36. The molecule has 2 aliphatic heterocycles. The molecule has 0 bridgehead atoms. The number of ether oxygens (including phenoxy) is 3. The summed E-state index contributed by atoms with van der Waals surface area (Å²) >= 11 is 0. The third kappa shape index (κ3) is 4.85. The highest BCUT2D eigenvalue weighted by atomic mass is 19.1. The number of halogens is 1. The van der Waals surface area contributed by atoms with Crippen molar-refractivity contribution in [2.24, 2.45) is 11.0 Å². The molecule has 0 aliphatic carbocycles. The van der Waals surface area contributed by atoms with Gasteiger partial charge in [-0.15, -0.1) is 0 Å². The summed E-state index contributed by atoms with van der Waals surface area (Å²) in [6, 6.07) is 16.0. The highest BCUT2D eigenvalue weighted by molar-refractivity contribution is 5.97. The molecular weight excluding hydrogens is 467 g/mol. The predicted molar refractivity (Wildman–Crippen MR) is 128 cm³/mol. The van der Waals surface area contributed by atoms with Crippen LogP contribution in [0, 0.1) is 11.7 Å². The average molecular weight is 490 g/mol. The molecule has 9 nitrogen and oxygen atoms in total. The van der Waals surface area contributed by atoms with Gasteiger partial charge in [-0.1, -0.05) is 23.3 Å². The van der Waals surface area contributed by atoms with Gasteiger partial charge in [-0.2, -0.15) is 0 Å². The van der Waals surface area contributed by atoms with Gasteiger partial charge in [-0.25, -0.2) is 4.39 Å². The second-order valence-electron chi connectivity index (χ2n) is 8.67. The molecule has 1 amide bonds. The van der Waals surface area contributed by atoms with Crippen molar-refractivity contribution >= 4 is 11.6 Å². The molecule has 1 saturated heterocycles. The maximum Gasteiger partial charge on any atom is 0.257 e. The molecule has 2 aliphatic rings. The summed E-state index contributed by atoms with van der Waals surface area (Å²) in [5, 5.41) is 13.8. The Bertz CT molecular complexity index is 1330. The van der Waals surface area contributed by atoms with Crippen molar-refractivity contribution in [3.8, 4) is 23.0 Å². The monoisotopic (exact) mass is 490 g/mol. The van der Waals surface area contributed by atoms with Crippen LogP contribution in [0.15, 0.2) is 65.8 Å². The number of rotatable bonds is 6. The summed E-state index contributed by atoms with van der Waals surface area (Å²) in [6.45, 7) is 1.32. The fourth-order valence-corrected chi connectivity index (χ4v) is 4.69. The van der Waals surface area contributed by atoms with Crippen LogP contribution < -0.4 is 14.2 Å². The van der Waals surface area contributed by atoms with Crippen LogP contribution in [0.25, 0.3) is 10.4 Å². The molecule has 0 aromatic heterocycles. The Morgan fingerprint density at radius 2 is 1.94 bits per heavy atom. The van der Waals surface area contributed by atoms with E-state index in [-0.39, 0.29) is 47.4 Å². The van der Waals surface area contributed by atoms with Gasteiger partial charge in [0.05, 0.1) is 12.2 Å². The first kappa shape index (κ1) is 23.3. The van der Waals surface area contributed by atoms with Crippen LogP contribution >= 0.6 is 0 Å². The highest BCUT2D eigenvalue weighted by Crippen LogP contribution is 2.38. The van der Waals surface area contributed by atoms with Gasteiger partial charge in [0.2, 0.25) is 6.79 Å². The number of fused-ring (bicyclic) bond motifs is 1. The van der Waals surface area contributed by atoms with Crippen LogP contribution in [0.2, 0.25) is 0 Å². The van der Waals surface area contributed by atoms with E-state index in [1.807, 2.05) is 0 Å². The van der Waals surface area contributed by atoms with Crippen LogP contribution in [0.3, 0.4) is 0 Å². The summed E-state index contributed by atoms with van der Waals surface area (Å²) < 4.78 is 30.4. The molecule has 1 fully saturated rings. The largest absolute Gasteiger partial charge is 0.507 e. The summed E-state index contributed by atoms with van der Waals surface area (Å²) in [4.78, 5) is 17.6. The van der Waals surface area contributed by atoms with Crippen molar-refractivity contribution in [3.63, 3.8) is 0 Å². The van der Waals surface area contributed by atoms with Crippen LogP contribution in [-0.4, -0.2) is 42.4 Å². The molecule has 0 radical (unpaired) electrons. The maximum atomic E-state index is 13.6. The smallest absolute Gasteiger partial charge is 0.257 e. The first-order valence-corrected chi connectivity index (χ1v) is 11.5. The zero-order valence-electron chi connectivity index (χ0n) is 19.2. The van der Waals surface area contributed by atoms with Gasteiger partial charge in [-0.05, 0) is 59.8 Å². The second kappa shape index (κ2) is 10.1. The zero-order valence-corrected chi connectivity index (χ0v) is 19.2. The molecule has 10 heteroatoms. The fourth-order valence-electron chi connectivity index (χ4n) is 4.69. The fraction of sp³-hybridized carbons (Fsp3) is 0.269. The van der Waals surface area contributed by atoms with Crippen molar-refractivity contribution in [1.29, 1.82) is 0 Å². The van der Waals surface area contributed by atoms with Crippen LogP contribution in [-0.2, 0) is 0 Å². The lowest BCUT2D eigenvalue weighted by atomic mass is 9.80. The van der Waals surface area contributed by atoms with E-state index < -0.39 is 0 Å². The Kier molecular flexibility index (Phi) is 6.51. The Morgan fingerprint density at radius 1 is 1.14 bits per heavy atom. The molecular formula is C26H23FN4O5. The van der Waals surface area contributed by atoms with Gasteiger partial charge in [0, 0.05) is 35.7 Å². The number of amides is 1. The summed E-state index contributed by atoms with van der Waals surface area (Å²) in [7, 11) is 0. The lowest BCUT2D eigenvalue weighted by molar-refractivity contribution is 0.0592. The normalized spacial score (nSPS) is 18.4. The third-order valence-electron chi connectivity index (χ3n) is 6.50. The van der Waals surface area contributed by atoms with Crippen molar-refractivity contribution in [3.05, 3.63) is 88.1 Å². The lowest BCUT2D eigenvalue weighted by Gasteiger charge is -2.39. The molecule has 3 aromatic rings. The summed E-state index contributed by atoms with van der Waals surface area (Å²) in [5.74, 6) is 0.957. The summed E-state index contributed by atoms with van der Waals surface area (Å²) in [5.41, 5.74) is 9.91. The Labute approximate surface area is 206 Å². The van der Waals surface area contributed by atoms with Gasteiger partial charge in [0.1, 0.15) is 17.3 Å². The van der Waals surface area contributed by atoms with E-state index in [1.54, 1.807) is 35.2 Å². The molecule has 0 saturated carbocycles. The molecule has 5 rings (SSSR count). The van der Waals surface area contributed by atoms with E-state index in [0.29, 0.717) is 43.4 Å². The van der Waals surface area contributed by atoms with Crippen molar-refractivity contribution in [1.82, 2.24) is 4.90 Å². The van der Waals surface area contributed by atoms with E-state index in [9.17, 15) is 14.3 Å². The molecule has 3 aromatic carbocycles. The summed E-state index contributed by atoms with van der Waals surface area (Å²) in [6.07, 6.45) is 0.643. The molecule has 0 spiro atoms. The number of azide groups is 1. The van der Waals surface area contributed by atoms with E-state index in [4.69, 9.17) is 19.7 Å². The number of aromatic hydroxyl groups is 1. The van der Waals surface area contributed by atoms with E-state index in [0.717, 1.165) is 5.56 Å². The van der Waals surface area contributed by atoms with E-state index in [1.165, 1.54) is 30.3 Å². The minimum absolute atomic E-state index is 0.0459. The number of hydrogen-bond donors (Lipinski definition) is 1. The first-order chi connectivity index (χ1) is 17.5. The number of benzene rings is 3. The number of piperidine rings is 1. The van der Waals surface area contributed by atoms with Crippen molar-refractivity contribution in [2.75, 3.05) is 26.5 Å². The number of likely N-dealkylation sites (tertiary alicyclic amines) is 1. The van der Waals surface area contributed by atoms with E-state index in [2.05, 4.69) is 10.0 Å². The molecule has 2 heterocycles. The number of carbonyl (C=O) groups is 1. The van der Waals surface area contributed by atoms with Crippen LogP contribution in [0.5, 0.6) is 23.0 Å². The number of hydrogen-bond acceptors (Lipinski definition) is 6. The Balaban J connectivity index is 1.36. The SMILES string of the molecule is [N-]=[N+]=Nc1ccc(C(=O)N2CCC(c3ccc(F)cc3)C(COc3ccc4c(c3)OCO4)C2)c(O)c1. The lowest BCUT2D eigenvalue weighted by Crippen LogP contribution is -2.45. The maximum absolute atomic E-state index is 13.6. The molecule has 2 atom stereocenters. The third-order valence-corrected chi connectivity index (χ3v) is 6.50. The van der Waals surface area contributed by atoms with Gasteiger partial charge in [0.25, 0.3) is 5.91 Å². The van der Waals surface area contributed by atoms with Gasteiger partial charge >= 0.3 is 0 Å². The predicted octanol–water partition coefficient (Wildman–Crippen LogP) is 5.53.